The van der Waals surface area contributed by atoms with Crippen LogP contribution >= 0.6 is 0 Å². The van der Waals surface area contributed by atoms with E-state index in [2.05, 4.69) is 16.0 Å². The molecule has 1 fully saturated rings. The highest BCUT2D eigenvalue weighted by atomic mass is 16.2. The molecule has 2 aromatic rings. The van der Waals surface area contributed by atoms with Crippen LogP contribution in [0, 0.1) is 19.8 Å². The lowest BCUT2D eigenvalue weighted by molar-refractivity contribution is -0.117. The van der Waals surface area contributed by atoms with Crippen molar-refractivity contribution >= 4 is 34.9 Å². The number of rotatable bonds is 6. The van der Waals surface area contributed by atoms with Gasteiger partial charge in [-0.25, -0.2) is 4.79 Å². The van der Waals surface area contributed by atoms with Gasteiger partial charge in [0.25, 0.3) is 0 Å². The standard InChI is InChI=1S/C22H26N4O3/c1-14-6-4-7-15(2)20(14)25-19(27)13-26(3)22(29)24-18-9-5-8-17(12-18)23-21(28)16-10-11-16/h4-9,12,16H,10-11,13H2,1-3H3,(H,23,28)(H,24,29)(H,25,27). The first-order valence-electron chi connectivity index (χ1n) is 9.62. The van der Waals surface area contributed by atoms with E-state index < -0.39 is 6.03 Å². The van der Waals surface area contributed by atoms with Crippen LogP contribution in [-0.4, -0.2) is 36.3 Å². The van der Waals surface area contributed by atoms with Gasteiger partial charge in [-0.1, -0.05) is 24.3 Å². The summed E-state index contributed by atoms with van der Waals surface area (Å²) in [5, 5.41) is 8.46. The Morgan fingerprint density at radius 1 is 0.931 bits per heavy atom. The number of carbonyl (C=O) groups excluding carboxylic acids is 3. The molecule has 0 saturated heterocycles. The zero-order chi connectivity index (χ0) is 21.0. The first kappa shape index (κ1) is 20.4. The molecular weight excluding hydrogens is 368 g/mol. The maximum atomic E-state index is 12.4. The van der Waals surface area contributed by atoms with E-state index in [0.717, 1.165) is 29.7 Å². The van der Waals surface area contributed by atoms with E-state index in [0.29, 0.717) is 11.4 Å². The van der Waals surface area contributed by atoms with Crippen LogP contribution in [0.15, 0.2) is 42.5 Å². The number of hydrogen-bond donors (Lipinski definition) is 3. The SMILES string of the molecule is Cc1cccc(C)c1NC(=O)CN(C)C(=O)Nc1cccc(NC(=O)C2CC2)c1. The molecule has 2 aromatic carbocycles. The Morgan fingerprint density at radius 2 is 1.52 bits per heavy atom. The first-order valence-corrected chi connectivity index (χ1v) is 9.62. The third-order valence-corrected chi connectivity index (χ3v) is 4.80. The summed E-state index contributed by atoms with van der Waals surface area (Å²) in [5.74, 6) is -0.158. The van der Waals surface area contributed by atoms with E-state index in [-0.39, 0.29) is 24.3 Å². The van der Waals surface area contributed by atoms with Crippen molar-refractivity contribution in [2.75, 3.05) is 29.5 Å². The van der Waals surface area contributed by atoms with Crippen molar-refractivity contribution in [3.8, 4) is 0 Å². The Labute approximate surface area is 170 Å². The molecule has 0 radical (unpaired) electrons. The highest BCUT2D eigenvalue weighted by molar-refractivity contribution is 5.98. The molecule has 152 valence electrons. The van der Waals surface area contributed by atoms with Crippen molar-refractivity contribution in [2.45, 2.75) is 26.7 Å². The predicted molar refractivity (Wildman–Crippen MR) is 114 cm³/mol. The summed E-state index contributed by atoms with van der Waals surface area (Å²) in [5.41, 5.74) is 3.89. The molecule has 7 heteroatoms. The number of aryl methyl sites for hydroxylation is 2. The van der Waals surface area contributed by atoms with E-state index >= 15 is 0 Å². The molecule has 1 aliphatic carbocycles. The minimum absolute atomic E-state index is 0.00812. The topological polar surface area (TPSA) is 90.5 Å². The average molecular weight is 394 g/mol. The van der Waals surface area contributed by atoms with Crippen LogP contribution in [0.25, 0.3) is 0 Å². The third-order valence-electron chi connectivity index (χ3n) is 4.80. The fourth-order valence-corrected chi connectivity index (χ4v) is 2.96. The fourth-order valence-electron chi connectivity index (χ4n) is 2.96. The van der Waals surface area contributed by atoms with Crippen LogP contribution in [0.5, 0.6) is 0 Å². The Hall–Kier alpha value is -3.35. The molecule has 3 rings (SSSR count). The summed E-state index contributed by atoms with van der Waals surface area (Å²) in [6, 6.07) is 12.3. The number of nitrogens with one attached hydrogen (secondary N) is 3. The molecule has 29 heavy (non-hydrogen) atoms. The largest absolute Gasteiger partial charge is 0.326 e. The lowest BCUT2D eigenvalue weighted by atomic mass is 10.1. The monoisotopic (exact) mass is 394 g/mol. The van der Waals surface area contributed by atoms with Crippen LogP contribution < -0.4 is 16.0 Å². The van der Waals surface area contributed by atoms with Gasteiger partial charge in [-0.15, -0.1) is 0 Å². The normalized spacial score (nSPS) is 12.8. The molecule has 0 aliphatic heterocycles. The van der Waals surface area contributed by atoms with Gasteiger partial charge in [-0.2, -0.15) is 0 Å². The summed E-state index contributed by atoms with van der Waals surface area (Å²) < 4.78 is 0. The van der Waals surface area contributed by atoms with Crippen molar-refractivity contribution in [3.05, 3.63) is 53.6 Å². The number of carbonyl (C=O) groups is 3. The van der Waals surface area contributed by atoms with Crippen LogP contribution in [-0.2, 0) is 9.59 Å². The number of amides is 4. The predicted octanol–water partition coefficient (Wildman–Crippen LogP) is 3.75. The van der Waals surface area contributed by atoms with Gasteiger partial charge >= 0.3 is 6.03 Å². The van der Waals surface area contributed by atoms with Crippen molar-refractivity contribution in [3.63, 3.8) is 0 Å². The highest BCUT2D eigenvalue weighted by Crippen LogP contribution is 2.30. The molecule has 0 aromatic heterocycles. The number of benzene rings is 2. The van der Waals surface area contributed by atoms with Crippen molar-refractivity contribution < 1.29 is 14.4 Å². The van der Waals surface area contributed by atoms with Gasteiger partial charge < -0.3 is 20.9 Å². The number of para-hydroxylation sites is 1. The molecule has 1 aliphatic rings. The summed E-state index contributed by atoms with van der Waals surface area (Å²) in [6.45, 7) is 3.76. The third kappa shape index (κ3) is 5.57. The highest BCUT2D eigenvalue weighted by Gasteiger charge is 2.29. The van der Waals surface area contributed by atoms with E-state index in [1.807, 2.05) is 32.0 Å². The Balaban J connectivity index is 1.54. The quantitative estimate of drug-likeness (QED) is 0.697. The van der Waals surface area contributed by atoms with Crippen molar-refractivity contribution in [1.29, 1.82) is 0 Å². The summed E-state index contributed by atoms with van der Waals surface area (Å²) in [7, 11) is 1.55. The van der Waals surface area contributed by atoms with Crippen molar-refractivity contribution in [2.24, 2.45) is 5.92 Å². The molecule has 0 spiro atoms. The summed E-state index contributed by atoms with van der Waals surface area (Å²) >= 11 is 0. The number of anilines is 3. The van der Waals surface area contributed by atoms with Gasteiger partial charge in [-0.05, 0) is 56.0 Å². The Bertz CT molecular complexity index is 917. The minimum Gasteiger partial charge on any atom is -0.326 e. The van der Waals surface area contributed by atoms with Gasteiger partial charge in [0.2, 0.25) is 11.8 Å². The van der Waals surface area contributed by atoms with Gasteiger partial charge in [0.15, 0.2) is 0 Å². The summed E-state index contributed by atoms with van der Waals surface area (Å²) in [6.07, 6.45) is 1.86. The smallest absolute Gasteiger partial charge is 0.322 e. The Kier molecular flexibility index (Phi) is 6.16. The van der Waals surface area contributed by atoms with E-state index in [4.69, 9.17) is 0 Å². The number of hydrogen-bond acceptors (Lipinski definition) is 3. The molecule has 7 nitrogen and oxygen atoms in total. The first-order chi connectivity index (χ1) is 13.8. The zero-order valence-corrected chi connectivity index (χ0v) is 16.9. The number of urea groups is 1. The second kappa shape index (κ2) is 8.77. The van der Waals surface area contributed by atoms with Gasteiger partial charge in [0, 0.05) is 30.0 Å². The number of nitrogens with zero attached hydrogens (tertiary/aromatic N) is 1. The fraction of sp³-hybridized carbons (Fsp3) is 0.318. The van der Waals surface area contributed by atoms with E-state index in [1.165, 1.54) is 4.90 Å². The molecule has 3 N–H and O–H groups in total. The van der Waals surface area contributed by atoms with Crippen LogP contribution in [0.3, 0.4) is 0 Å². The molecule has 1 saturated carbocycles. The Morgan fingerprint density at radius 3 is 2.14 bits per heavy atom. The van der Waals surface area contributed by atoms with E-state index in [1.54, 1.807) is 31.3 Å². The second-order valence-electron chi connectivity index (χ2n) is 7.45. The minimum atomic E-state index is -0.410. The zero-order valence-electron chi connectivity index (χ0n) is 16.9. The average Bonchev–Trinajstić information content (AvgIpc) is 3.50. The molecule has 0 atom stereocenters. The van der Waals surface area contributed by atoms with Crippen LogP contribution in [0.4, 0.5) is 21.9 Å². The van der Waals surface area contributed by atoms with Gasteiger partial charge in [0.05, 0.1) is 0 Å². The van der Waals surface area contributed by atoms with Crippen molar-refractivity contribution in [1.82, 2.24) is 4.90 Å². The molecular formula is C22H26N4O3. The molecule has 4 amide bonds. The van der Waals surface area contributed by atoms with E-state index in [9.17, 15) is 14.4 Å². The molecule has 0 bridgehead atoms. The number of likely N-dealkylation sites (N-methyl/N-ethyl adjacent to an activating group) is 1. The van der Waals surface area contributed by atoms with Crippen LogP contribution in [0.1, 0.15) is 24.0 Å². The van der Waals surface area contributed by atoms with Crippen LogP contribution in [0.2, 0.25) is 0 Å². The maximum Gasteiger partial charge on any atom is 0.322 e. The molecule has 0 unspecified atom stereocenters. The maximum absolute atomic E-state index is 12.4. The summed E-state index contributed by atoms with van der Waals surface area (Å²) in [4.78, 5) is 38.0. The lowest BCUT2D eigenvalue weighted by Gasteiger charge is -2.19. The second-order valence-corrected chi connectivity index (χ2v) is 7.45. The molecule has 0 heterocycles. The van der Waals surface area contributed by atoms with Gasteiger partial charge in [0.1, 0.15) is 6.54 Å². The lowest BCUT2D eigenvalue weighted by Crippen LogP contribution is -2.37. The van der Waals surface area contributed by atoms with Gasteiger partial charge in [-0.3, -0.25) is 9.59 Å².